The molecule has 0 atom stereocenters. The van der Waals surface area contributed by atoms with Crippen molar-refractivity contribution in [1.82, 2.24) is 4.98 Å². The molecule has 0 saturated heterocycles. The number of hydrogen-bond donors (Lipinski definition) is 1. The van der Waals surface area contributed by atoms with E-state index < -0.39 is 10.1 Å². The summed E-state index contributed by atoms with van der Waals surface area (Å²) in [5.74, 6) is 0. The van der Waals surface area contributed by atoms with Gasteiger partial charge in [-0.25, -0.2) is 4.98 Å². The highest BCUT2D eigenvalue weighted by atomic mass is 35.5. The molecule has 0 amide bonds. The molecular formula is C7H5Cl2NO3S2. The van der Waals surface area contributed by atoms with Gasteiger partial charge in [-0.2, -0.15) is 8.42 Å². The van der Waals surface area contributed by atoms with Gasteiger partial charge in [0.25, 0.3) is 10.1 Å². The minimum Gasteiger partial charge on any atom is -0.282 e. The van der Waals surface area contributed by atoms with Crippen LogP contribution in [0.2, 0.25) is 4.47 Å². The first-order valence-corrected chi connectivity index (χ1v) is 6.14. The van der Waals surface area contributed by atoms with Gasteiger partial charge < -0.3 is 0 Å². The van der Waals surface area contributed by atoms with E-state index in [1.54, 1.807) is 0 Å². The van der Waals surface area contributed by atoms with Crippen LogP contribution in [0.4, 0.5) is 0 Å². The number of fused-ring (bicyclic) bond motifs is 1. The monoisotopic (exact) mass is 285 g/mol. The lowest BCUT2D eigenvalue weighted by Gasteiger charge is -1.94. The summed E-state index contributed by atoms with van der Waals surface area (Å²) in [4.78, 5) is 3.80. The van der Waals surface area contributed by atoms with Crippen LogP contribution in [-0.2, 0) is 10.1 Å². The number of nitrogens with zero attached hydrogens (tertiary/aromatic N) is 1. The quantitative estimate of drug-likeness (QED) is 0.818. The van der Waals surface area contributed by atoms with Gasteiger partial charge in [0.1, 0.15) is 0 Å². The number of benzene rings is 1. The average molecular weight is 286 g/mol. The SMILES string of the molecule is Cl.O=S(=O)(O)c1ccc2nc(Cl)sc2c1. The van der Waals surface area contributed by atoms with E-state index in [-0.39, 0.29) is 17.3 Å². The molecule has 2 rings (SSSR count). The fraction of sp³-hybridized carbons (Fsp3) is 0. The summed E-state index contributed by atoms with van der Waals surface area (Å²) in [5, 5.41) is 0. The molecule has 0 aliphatic rings. The number of rotatable bonds is 1. The van der Waals surface area contributed by atoms with Crippen LogP contribution in [0.1, 0.15) is 0 Å². The van der Waals surface area contributed by atoms with Gasteiger partial charge >= 0.3 is 0 Å². The lowest BCUT2D eigenvalue weighted by molar-refractivity contribution is 0.483. The summed E-state index contributed by atoms with van der Waals surface area (Å²) in [6.45, 7) is 0. The summed E-state index contributed by atoms with van der Waals surface area (Å²) in [6.07, 6.45) is 0. The minimum absolute atomic E-state index is 0. The predicted octanol–water partition coefficient (Wildman–Crippen LogP) is 2.62. The maximum Gasteiger partial charge on any atom is 0.294 e. The summed E-state index contributed by atoms with van der Waals surface area (Å²) in [6, 6.07) is 4.13. The summed E-state index contributed by atoms with van der Waals surface area (Å²) in [5.41, 5.74) is 0.618. The smallest absolute Gasteiger partial charge is 0.282 e. The molecule has 0 bridgehead atoms. The van der Waals surface area contributed by atoms with Crippen LogP contribution in [0.3, 0.4) is 0 Å². The van der Waals surface area contributed by atoms with Crippen LogP contribution >= 0.6 is 35.3 Å². The lowest BCUT2D eigenvalue weighted by atomic mass is 10.3. The summed E-state index contributed by atoms with van der Waals surface area (Å²) < 4.78 is 31.3. The highest BCUT2D eigenvalue weighted by molar-refractivity contribution is 7.85. The molecular weight excluding hydrogens is 281 g/mol. The zero-order chi connectivity index (χ0) is 10.3. The minimum atomic E-state index is -4.15. The Bertz CT molecular complexity index is 593. The normalized spacial score (nSPS) is 11.3. The lowest BCUT2D eigenvalue weighted by Crippen LogP contribution is -1.96. The number of hydrogen-bond acceptors (Lipinski definition) is 4. The van der Waals surface area contributed by atoms with Gasteiger partial charge in [0, 0.05) is 0 Å². The van der Waals surface area contributed by atoms with Gasteiger partial charge in [-0.15, -0.1) is 23.7 Å². The van der Waals surface area contributed by atoms with Crippen molar-refractivity contribution >= 4 is 55.7 Å². The van der Waals surface area contributed by atoms with E-state index in [4.69, 9.17) is 16.2 Å². The van der Waals surface area contributed by atoms with Crippen LogP contribution < -0.4 is 0 Å². The Kier molecular flexibility index (Phi) is 3.57. The number of aromatic nitrogens is 1. The zero-order valence-corrected chi connectivity index (χ0v) is 10.3. The molecule has 1 aromatic heterocycles. The van der Waals surface area contributed by atoms with Gasteiger partial charge in [0.15, 0.2) is 4.47 Å². The first-order chi connectivity index (χ1) is 6.47. The molecule has 8 heteroatoms. The van der Waals surface area contributed by atoms with Crippen molar-refractivity contribution in [2.45, 2.75) is 4.90 Å². The highest BCUT2D eigenvalue weighted by Crippen LogP contribution is 2.27. The molecule has 0 spiro atoms. The Morgan fingerprint density at radius 2 is 2.07 bits per heavy atom. The Balaban J connectivity index is 0.00000112. The van der Waals surface area contributed by atoms with E-state index in [9.17, 15) is 8.42 Å². The standard InChI is InChI=1S/C7H4ClNO3S2.ClH/c8-7-9-5-2-1-4(14(10,11)12)3-6(5)13-7;/h1-3H,(H,10,11,12);1H. The topological polar surface area (TPSA) is 67.3 Å². The number of thiazole rings is 1. The van der Waals surface area contributed by atoms with Crippen molar-refractivity contribution in [1.29, 1.82) is 0 Å². The highest BCUT2D eigenvalue weighted by Gasteiger charge is 2.11. The molecule has 0 unspecified atom stereocenters. The van der Waals surface area contributed by atoms with Crippen molar-refractivity contribution in [2.75, 3.05) is 0 Å². The van der Waals surface area contributed by atoms with Gasteiger partial charge in [-0.05, 0) is 18.2 Å². The predicted molar refractivity (Wildman–Crippen MR) is 61.7 cm³/mol. The second-order valence-electron chi connectivity index (χ2n) is 2.57. The molecule has 0 aliphatic carbocycles. The largest absolute Gasteiger partial charge is 0.294 e. The van der Waals surface area contributed by atoms with Crippen LogP contribution in [0.25, 0.3) is 10.2 Å². The van der Waals surface area contributed by atoms with E-state index in [2.05, 4.69) is 4.98 Å². The van der Waals surface area contributed by atoms with E-state index in [0.717, 1.165) is 11.3 Å². The van der Waals surface area contributed by atoms with Crippen LogP contribution in [0.5, 0.6) is 0 Å². The molecule has 0 saturated carbocycles. The van der Waals surface area contributed by atoms with Gasteiger partial charge in [-0.1, -0.05) is 11.6 Å². The third-order valence-electron chi connectivity index (χ3n) is 1.63. The van der Waals surface area contributed by atoms with E-state index in [1.165, 1.54) is 18.2 Å². The van der Waals surface area contributed by atoms with Crippen LogP contribution in [0, 0.1) is 0 Å². The third-order valence-corrected chi connectivity index (χ3v) is 3.60. The fourth-order valence-corrected chi connectivity index (χ4v) is 2.69. The molecule has 0 fully saturated rings. The Morgan fingerprint density at radius 1 is 1.40 bits per heavy atom. The molecule has 1 aromatic carbocycles. The van der Waals surface area contributed by atoms with E-state index in [1.807, 2.05) is 0 Å². The van der Waals surface area contributed by atoms with Crippen molar-refractivity contribution in [3.05, 3.63) is 22.7 Å². The molecule has 2 aromatic rings. The maximum absolute atomic E-state index is 10.8. The summed E-state index contributed by atoms with van der Waals surface area (Å²) in [7, 11) is -4.15. The maximum atomic E-state index is 10.8. The number of halogens is 2. The van der Waals surface area contributed by atoms with Crippen molar-refractivity contribution in [3.63, 3.8) is 0 Å². The molecule has 15 heavy (non-hydrogen) atoms. The molecule has 0 aliphatic heterocycles. The Hall–Kier alpha value is -0.400. The molecule has 4 nitrogen and oxygen atoms in total. The molecule has 0 radical (unpaired) electrons. The molecule has 1 heterocycles. The van der Waals surface area contributed by atoms with Crippen LogP contribution in [-0.4, -0.2) is 18.0 Å². The molecule has 82 valence electrons. The van der Waals surface area contributed by atoms with Crippen molar-refractivity contribution in [2.24, 2.45) is 0 Å². The first-order valence-electron chi connectivity index (χ1n) is 3.50. The average Bonchev–Trinajstić information content (AvgIpc) is 2.41. The van der Waals surface area contributed by atoms with E-state index in [0.29, 0.717) is 14.7 Å². The van der Waals surface area contributed by atoms with Crippen molar-refractivity contribution in [3.8, 4) is 0 Å². The summed E-state index contributed by atoms with van der Waals surface area (Å²) >= 11 is 6.81. The van der Waals surface area contributed by atoms with Gasteiger partial charge in [0.2, 0.25) is 0 Å². The Labute approximate surface area is 101 Å². The Morgan fingerprint density at radius 3 is 2.67 bits per heavy atom. The van der Waals surface area contributed by atoms with Gasteiger partial charge in [0.05, 0.1) is 15.1 Å². The fourth-order valence-electron chi connectivity index (χ4n) is 1.04. The third kappa shape index (κ3) is 2.59. The second kappa shape index (κ2) is 4.23. The van der Waals surface area contributed by atoms with Crippen molar-refractivity contribution < 1.29 is 13.0 Å². The van der Waals surface area contributed by atoms with Crippen LogP contribution in [0.15, 0.2) is 23.1 Å². The second-order valence-corrected chi connectivity index (χ2v) is 5.61. The van der Waals surface area contributed by atoms with Gasteiger partial charge in [-0.3, -0.25) is 4.55 Å². The zero-order valence-electron chi connectivity index (χ0n) is 7.05. The first kappa shape index (κ1) is 12.7. The molecule has 1 N–H and O–H groups in total. The van der Waals surface area contributed by atoms with E-state index >= 15 is 0 Å².